The van der Waals surface area contributed by atoms with E-state index in [4.69, 9.17) is 0 Å². The predicted octanol–water partition coefficient (Wildman–Crippen LogP) is 4.24. The number of carbonyl (C=O) groups is 1. The van der Waals surface area contributed by atoms with Crippen molar-refractivity contribution in [1.29, 1.82) is 0 Å². The number of anilines is 1. The summed E-state index contributed by atoms with van der Waals surface area (Å²) in [5, 5.41) is 0. The van der Waals surface area contributed by atoms with Gasteiger partial charge in [-0.05, 0) is 24.5 Å². The Balaban J connectivity index is 2.88. The molecule has 0 fully saturated rings. The summed E-state index contributed by atoms with van der Waals surface area (Å²) in [6, 6.07) is 9.90. The van der Waals surface area contributed by atoms with E-state index in [1.807, 2.05) is 35.2 Å². The number of unbranched alkanes of at least 4 members (excludes halogenated alkanes) is 1. The number of alkyl halides is 1. The van der Waals surface area contributed by atoms with E-state index in [2.05, 4.69) is 36.7 Å². The Labute approximate surface area is 119 Å². The van der Waals surface area contributed by atoms with Gasteiger partial charge in [0, 0.05) is 12.2 Å². The lowest BCUT2D eigenvalue weighted by molar-refractivity contribution is -0.118. The molecule has 0 spiro atoms. The molecule has 1 unspecified atom stereocenters. The quantitative estimate of drug-likeness (QED) is 0.720. The van der Waals surface area contributed by atoms with Gasteiger partial charge in [0.15, 0.2) is 0 Å². The van der Waals surface area contributed by atoms with Crippen molar-refractivity contribution in [2.75, 3.05) is 11.4 Å². The second kappa shape index (κ2) is 7.57. The molecule has 0 saturated heterocycles. The molecule has 0 saturated carbocycles. The van der Waals surface area contributed by atoms with Gasteiger partial charge in [0.05, 0.1) is 4.83 Å². The molecule has 1 atom stereocenters. The van der Waals surface area contributed by atoms with Crippen LogP contribution in [0.3, 0.4) is 0 Å². The second-order valence-electron chi connectivity index (χ2n) is 4.82. The number of rotatable bonds is 6. The number of amides is 1. The van der Waals surface area contributed by atoms with Gasteiger partial charge in [0.2, 0.25) is 5.91 Å². The van der Waals surface area contributed by atoms with Gasteiger partial charge in [-0.2, -0.15) is 0 Å². The molecular weight excluding hydrogens is 290 g/mol. The summed E-state index contributed by atoms with van der Waals surface area (Å²) in [5.74, 6) is 0.454. The van der Waals surface area contributed by atoms with E-state index < -0.39 is 0 Å². The van der Waals surface area contributed by atoms with Gasteiger partial charge in [-0.25, -0.2) is 0 Å². The molecule has 2 nitrogen and oxygen atoms in total. The third-order valence-electron chi connectivity index (χ3n) is 2.89. The summed E-state index contributed by atoms with van der Waals surface area (Å²) < 4.78 is 0. The monoisotopic (exact) mass is 311 g/mol. The third-order valence-corrected chi connectivity index (χ3v) is 4.34. The van der Waals surface area contributed by atoms with Crippen LogP contribution in [0.2, 0.25) is 0 Å². The normalized spacial score (nSPS) is 12.5. The van der Waals surface area contributed by atoms with Gasteiger partial charge in [-0.15, -0.1) is 0 Å². The van der Waals surface area contributed by atoms with Crippen LogP contribution >= 0.6 is 15.9 Å². The predicted molar refractivity (Wildman–Crippen MR) is 81.3 cm³/mol. The van der Waals surface area contributed by atoms with Crippen LogP contribution in [0.25, 0.3) is 0 Å². The van der Waals surface area contributed by atoms with Crippen molar-refractivity contribution in [2.24, 2.45) is 5.92 Å². The fraction of sp³-hybridized carbons (Fsp3) is 0.533. The summed E-state index contributed by atoms with van der Waals surface area (Å²) in [6.07, 6.45) is 2.11. The fourth-order valence-electron chi connectivity index (χ4n) is 1.72. The minimum atomic E-state index is -0.116. The molecule has 0 aliphatic rings. The average Bonchev–Trinajstić information content (AvgIpc) is 2.39. The van der Waals surface area contributed by atoms with Gasteiger partial charge in [-0.3, -0.25) is 4.79 Å². The summed E-state index contributed by atoms with van der Waals surface area (Å²) in [4.78, 5) is 14.2. The Hall–Kier alpha value is -0.830. The SMILES string of the molecule is CCCCN(C(=O)C(Br)C(C)C)c1ccccc1. The number of halogens is 1. The van der Waals surface area contributed by atoms with Crippen molar-refractivity contribution < 1.29 is 4.79 Å². The summed E-state index contributed by atoms with van der Waals surface area (Å²) in [7, 11) is 0. The number of benzene rings is 1. The minimum absolute atomic E-state index is 0.116. The molecule has 0 aliphatic heterocycles. The first-order valence-electron chi connectivity index (χ1n) is 6.58. The zero-order chi connectivity index (χ0) is 13.5. The number of nitrogens with zero attached hydrogens (tertiary/aromatic N) is 1. The molecule has 0 aromatic heterocycles. The number of hydrogen-bond acceptors (Lipinski definition) is 1. The average molecular weight is 312 g/mol. The van der Waals surface area contributed by atoms with Crippen LogP contribution in [-0.2, 0) is 4.79 Å². The van der Waals surface area contributed by atoms with Crippen LogP contribution in [0, 0.1) is 5.92 Å². The van der Waals surface area contributed by atoms with Crippen molar-refractivity contribution in [1.82, 2.24) is 0 Å². The van der Waals surface area contributed by atoms with Crippen LogP contribution in [0.1, 0.15) is 33.6 Å². The first-order valence-corrected chi connectivity index (χ1v) is 7.50. The molecule has 0 bridgehead atoms. The smallest absolute Gasteiger partial charge is 0.241 e. The van der Waals surface area contributed by atoms with E-state index in [1.165, 1.54) is 0 Å². The Morgan fingerprint density at radius 3 is 2.39 bits per heavy atom. The second-order valence-corrected chi connectivity index (χ2v) is 5.81. The molecule has 0 N–H and O–H groups in total. The lowest BCUT2D eigenvalue weighted by Crippen LogP contribution is -2.39. The van der Waals surface area contributed by atoms with Crippen LogP contribution in [0.5, 0.6) is 0 Å². The van der Waals surface area contributed by atoms with Crippen molar-refractivity contribution in [3.8, 4) is 0 Å². The largest absolute Gasteiger partial charge is 0.311 e. The van der Waals surface area contributed by atoms with E-state index >= 15 is 0 Å². The number of carbonyl (C=O) groups excluding carboxylic acids is 1. The van der Waals surface area contributed by atoms with Crippen LogP contribution in [-0.4, -0.2) is 17.3 Å². The van der Waals surface area contributed by atoms with E-state index in [1.54, 1.807) is 0 Å². The van der Waals surface area contributed by atoms with E-state index in [0.29, 0.717) is 5.92 Å². The van der Waals surface area contributed by atoms with E-state index in [9.17, 15) is 4.79 Å². The van der Waals surface area contributed by atoms with Gasteiger partial charge in [0.25, 0.3) is 0 Å². The molecular formula is C15H22BrNO. The standard InChI is InChI=1S/C15H22BrNO/c1-4-5-11-17(13-9-7-6-8-10-13)15(18)14(16)12(2)3/h6-10,12,14H,4-5,11H2,1-3H3. The van der Waals surface area contributed by atoms with Crippen molar-refractivity contribution in [3.05, 3.63) is 30.3 Å². The Morgan fingerprint density at radius 1 is 1.28 bits per heavy atom. The highest BCUT2D eigenvalue weighted by Gasteiger charge is 2.25. The summed E-state index contributed by atoms with van der Waals surface area (Å²) in [5.41, 5.74) is 0.987. The van der Waals surface area contributed by atoms with Gasteiger partial charge in [0.1, 0.15) is 0 Å². The molecule has 0 radical (unpaired) electrons. The molecule has 0 heterocycles. The van der Waals surface area contributed by atoms with Gasteiger partial charge in [-0.1, -0.05) is 61.3 Å². The van der Waals surface area contributed by atoms with Crippen molar-refractivity contribution in [3.63, 3.8) is 0 Å². The van der Waals surface area contributed by atoms with E-state index in [0.717, 1.165) is 25.1 Å². The van der Waals surface area contributed by atoms with Crippen LogP contribution in [0.15, 0.2) is 30.3 Å². The molecule has 1 rings (SSSR count). The lowest BCUT2D eigenvalue weighted by Gasteiger charge is -2.26. The first kappa shape index (κ1) is 15.2. The maximum Gasteiger partial charge on any atom is 0.241 e. The zero-order valence-corrected chi connectivity index (χ0v) is 13.0. The lowest BCUT2D eigenvalue weighted by atomic mass is 10.1. The van der Waals surface area contributed by atoms with Crippen molar-refractivity contribution >= 4 is 27.5 Å². The molecule has 1 aromatic carbocycles. The number of hydrogen-bond donors (Lipinski definition) is 0. The molecule has 1 amide bonds. The maximum absolute atomic E-state index is 12.5. The molecule has 1 aromatic rings. The highest BCUT2D eigenvalue weighted by Crippen LogP contribution is 2.21. The zero-order valence-electron chi connectivity index (χ0n) is 11.4. The van der Waals surface area contributed by atoms with Gasteiger partial charge >= 0.3 is 0 Å². The Morgan fingerprint density at radius 2 is 1.89 bits per heavy atom. The van der Waals surface area contributed by atoms with Crippen LogP contribution in [0.4, 0.5) is 5.69 Å². The minimum Gasteiger partial charge on any atom is -0.311 e. The Bertz CT molecular complexity index is 364. The molecule has 18 heavy (non-hydrogen) atoms. The summed E-state index contributed by atoms with van der Waals surface area (Å²) >= 11 is 3.51. The van der Waals surface area contributed by atoms with Crippen LogP contribution < -0.4 is 4.90 Å². The maximum atomic E-state index is 12.5. The molecule has 3 heteroatoms. The van der Waals surface area contributed by atoms with Crippen molar-refractivity contribution in [2.45, 2.75) is 38.4 Å². The molecule has 100 valence electrons. The molecule has 0 aliphatic carbocycles. The van der Waals surface area contributed by atoms with Gasteiger partial charge < -0.3 is 4.90 Å². The topological polar surface area (TPSA) is 20.3 Å². The highest BCUT2D eigenvalue weighted by atomic mass is 79.9. The summed E-state index contributed by atoms with van der Waals surface area (Å²) in [6.45, 7) is 7.04. The number of para-hydroxylation sites is 1. The van der Waals surface area contributed by atoms with E-state index in [-0.39, 0.29) is 10.7 Å². The first-order chi connectivity index (χ1) is 8.57. The third kappa shape index (κ3) is 4.13. The fourth-order valence-corrected chi connectivity index (χ4v) is 1.97. The highest BCUT2D eigenvalue weighted by molar-refractivity contribution is 9.10. The Kier molecular flexibility index (Phi) is 6.41.